The van der Waals surface area contributed by atoms with E-state index in [0.29, 0.717) is 16.4 Å². The highest BCUT2D eigenvalue weighted by Gasteiger charge is 2.32. The van der Waals surface area contributed by atoms with Gasteiger partial charge in [0.2, 0.25) is 5.91 Å². The van der Waals surface area contributed by atoms with Crippen molar-refractivity contribution < 1.29 is 13.6 Å². The molecule has 1 unspecified atom stereocenters. The van der Waals surface area contributed by atoms with Crippen molar-refractivity contribution >= 4 is 23.3 Å². The van der Waals surface area contributed by atoms with Crippen LogP contribution in [0.2, 0.25) is 5.02 Å². The Kier molecular flexibility index (Phi) is 4.00. The van der Waals surface area contributed by atoms with Crippen molar-refractivity contribution in [3.8, 4) is 5.69 Å². The predicted octanol–water partition coefficient (Wildman–Crippen LogP) is 4.59. The fourth-order valence-electron chi connectivity index (χ4n) is 3.29. The lowest BCUT2D eigenvalue weighted by molar-refractivity contribution is -0.116. The predicted molar refractivity (Wildman–Crippen MR) is 94.8 cm³/mol. The van der Waals surface area contributed by atoms with Crippen LogP contribution in [0, 0.1) is 18.6 Å². The topological polar surface area (TPSA) is 46.9 Å². The average Bonchev–Trinajstić information content (AvgIpc) is 3.00. The number of hydrogen-bond acceptors (Lipinski definition) is 2. The third-order valence-electron chi connectivity index (χ3n) is 4.63. The number of carbonyl (C=O) groups is 1. The largest absolute Gasteiger partial charge is 0.310 e. The van der Waals surface area contributed by atoms with E-state index in [1.54, 1.807) is 23.0 Å². The number of rotatable bonds is 2. The van der Waals surface area contributed by atoms with Gasteiger partial charge in [-0.1, -0.05) is 23.7 Å². The van der Waals surface area contributed by atoms with Crippen molar-refractivity contribution in [2.75, 3.05) is 5.32 Å². The molecule has 132 valence electrons. The standard InChI is InChI=1S/C19H14ClF2N3O/c1-10-15(20)3-2-4-17(10)25-19-14(9-23-25)13(8-18(26)24-19)12-6-5-11(21)7-16(12)22/h2-7,9,13H,8H2,1H3,(H,24,26). The summed E-state index contributed by atoms with van der Waals surface area (Å²) in [4.78, 5) is 12.2. The third kappa shape index (κ3) is 2.66. The zero-order valence-electron chi connectivity index (χ0n) is 13.8. The molecule has 1 N–H and O–H groups in total. The normalized spacial score (nSPS) is 16.3. The summed E-state index contributed by atoms with van der Waals surface area (Å²) < 4.78 is 29.1. The van der Waals surface area contributed by atoms with E-state index < -0.39 is 17.6 Å². The number of amides is 1. The van der Waals surface area contributed by atoms with E-state index in [-0.39, 0.29) is 17.9 Å². The van der Waals surface area contributed by atoms with Gasteiger partial charge >= 0.3 is 0 Å². The third-order valence-corrected chi connectivity index (χ3v) is 5.03. The molecule has 1 aliphatic rings. The molecule has 2 heterocycles. The highest BCUT2D eigenvalue weighted by molar-refractivity contribution is 6.31. The summed E-state index contributed by atoms with van der Waals surface area (Å²) in [6.07, 6.45) is 1.67. The fraction of sp³-hybridized carbons (Fsp3) is 0.158. The van der Waals surface area contributed by atoms with Gasteiger partial charge in [-0.15, -0.1) is 0 Å². The average molecular weight is 374 g/mol. The first kappa shape index (κ1) is 16.7. The van der Waals surface area contributed by atoms with E-state index in [2.05, 4.69) is 10.4 Å². The Morgan fingerprint density at radius 1 is 1.23 bits per heavy atom. The van der Waals surface area contributed by atoms with Gasteiger partial charge in [-0.05, 0) is 36.2 Å². The van der Waals surface area contributed by atoms with E-state index in [4.69, 9.17) is 11.6 Å². The Hall–Kier alpha value is -2.73. The van der Waals surface area contributed by atoms with Crippen LogP contribution in [0.4, 0.5) is 14.6 Å². The zero-order valence-corrected chi connectivity index (χ0v) is 14.5. The Morgan fingerprint density at radius 2 is 2.04 bits per heavy atom. The summed E-state index contributed by atoms with van der Waals surface area (Å²) in [5, 5.41) is 7.76. The molecule has 0 aliphatic carbocycles. The van der Waals surface area contributed by atoms with Gasteiger partial charge in [0, 0.05) is 29.0 Å². The molecule has 1 amide bonds. The molecule has 1 atom stereocenters. The molecule has 0 saturated carbocycles. The molecule has 4 rings (SSSR count). The summed E-state index contributed by atoms with van der Waals surface area (Å²) in [5.41, 5.74) is 2.48. The number of nitrogens with zero attached hydrogens (tertiary/aromatic N) is 2. The fourth-order valence-corrected chi connectivity index (χ4v) is 3.46. The zero-order chi connectivity index (χ0) is 18.4. The van der Waals surface area contributed by atoms with Crippen LogP contribution in [-0.2, 0) is 4.79 Å². The maximum absolute atomic E-state index is 14.3. The molecule has 0 spiro atoms. The van der Waals surface area contributed by atoms with Crippen LogP contribution in [-0.4, -0.2) is 15.7 Å². The minimum atomic E-state index is -0.678. The lowest BCUT2D eigenvalue weighted by Crippen LogP contribution is -2.25. The van der Waals surface area contributed by atoms with Gasteiger partial charge in [0.05, 0.1) is 11.9 Å². The van der Waals surface area contributed by atoms with Crippen molar-refractivity contribution in [3.63, 3.8) is 0 Å². The number of fused-ring (bicyclic) bond motifs is 1. The van der Waals surface area contributed by atoms with E-state index in [0.717, 1.165) is 17.3 Å². The quantitative estimate of drug-likeness (QED) is 0.714. The molecule has 4 nitrogen and oxygen atoms in total. The number of carbonyl (C=O) groups excluding carboxylic acids is 1. The van der Waals surface area contributed by atoms with Crippen LogP contribution in [0.5, 0.6) is 0 Å². The van der Waals surface area contributed by atoms with Crippen LogP contribution >= 0.6 is 11.6 Å². The molecular formula is C19H14ClF2N3O. The van der Waals surface area contributed by atoms with Crippen LogP contribution in [0.1, 0.15) is 29.0 Å². The summed E-state index contributed by atoms with van der Waals surface area (Å²) in [5.74, 6) is -1.65. The second-order valence-corrected chi connectivity index (χ2v) is 6.62. The van der Waals surface area contributed by atoms with E-state index in [1.165, 1.54) is 12.1 Å². The minimum Gasteiger partial charge on any atom is -0.310 e. The van der Waals surface area contributed by atoms with E-state index in [1.807, 2.05) is 13.0 Å². The molecule has 7 heteroatoms. The Bertz CT molecular complexity index is 1030. The van der Waals surface area contributed by atoms with Crippen molar-refractivity contribution in [2.45, 2.75) is 19.3 Å². The van der Waals surface area contributed by atoms with Gasteiger partial charge in [-0.3, -0.25) is 4.79 Å². The summed E-state index contributed by atoms with van der Waals surface area (Å²) >= 11 is 6.19. The lowest BCUT2D eigenvalue weighted by atomic mass is 9.87. The summed E-state index contributed by atoms with van der Waals surface area (Å²) in [6, 6.07) is 8.79. The summed E-state index contributed by atoms with van der Waals surface area (Å²) in [6.45, 7) is 1.85. The number of halogens is 3. The van der Waals surface area contributed by atoms with Gasteiger partial charge in [-0.2, -0.15) is 5.10 Å². The Labute approximate surface area is 153 Å². The number of hydrogen-bond donors (Lipinski definition) is 1. The van der Waals surface area contributed by atoms with Gasteiger partial charge < -0.3 is 5.32 Å². The van der Waals surface area contributed by atoms with Gasteiger partial charge in [-0.25, -0.2) is 13.5 Å². The maximum Gasteiger partial charge on any atom is 0.226 e. The Morgan fingerprint density at radius 3 is 2.81 bits per heavy atom. The molecular weight excluding hydrogens is 360 g/mol. The van der Waals surface area contributed by atoms with Gasteiger partial charge in [0.15, 0.2) is 0 Å². The highest BCUT2D eigenvalue weighted by atomic mass is 35.5. The Balaban J connectivity index is 1.87. The van der Waals surface area contributed by atoms with Gasteiger partial charge in [0.1, 0.15) is 17.5 Å². The van der Waals surface area contributed by atoms with Crippen molar-refractivity contribution in [1.29, 1.82) is 0 Å². The number of nitrogens with one attached hydrogen (secondary N) is 1. The van der Waals surface area contributed by atoms with Crippen LogP contribution < -0.4 is 5.32 Å². The summed E-state index contributed by atoms with van der Waals surface area (Å²) in [7, 11) is 0. The SMILES string of the molecule is Cc1c(Cl)cccc1-n1ncc2c1NC(=O)CC2c1ccc(F)cc1F. The first-order chi connectivity index (χ1) is 12.5. The number of benzene rings is 2. The van der Waals surface area contributed by atoms with Crippen molar-refractivity contribution in [1.82, 2.24) is 9.78 Å². The van der Waals surface area contributed by atoms with Crippen molar-refractivity contribution in [2.24, 2.45) is 0 Å². The molecule has 0 bridgehead atoms. The molecule has 0 saturated heterocycles. The van der Waals surface area contributed by atoms with E-state index >= 15 is 0 Å². The first-order valence-corrected chi connectivity index (χ1v) is 8.41. The smallest absolute Gasteiger partial charge is 0.226 e. The first-order valence-electron chi connectivity index (χ1n) is 8.04. The highest BCUT2D eigenvalue weighted by Crippen LogP contribution is 2.39. The van der Waals surface area contributed by atoms with Crippen LogP contribution in [0.15, 0.2) is 42.6 Å². The van der Waals surface area contributed by atoms with Gasteiger partial charge in [0.25, 0.3) is 0 Å². The second-order valence-electron chi connectivity index (χ2n) is 6.22. The molecule has 1 aromatic heterocycles. The molecule has 0 radical (unpaired) electrons. The van der Waals surface area contributed by atoms with Crippen molar-refractivity contribution in [3.05, 3.63) is 75.9 Å². The second kappa shape index (κ2) is 6.21. The van der Waals surface area contributed by atoms with E-state index in [9.17, 15) is 13.6 Å². The maximum atomic E-state index is 14.3. The minimum absolute atomic E-state index is 0.0653. The molecule has 26 heavy (non-hydrogen) atoms. The molecule has 0 fully saturated rings. The van der Waals surface area contributed by atoms with Crippen LogP contribution in [0.3, 0.4) is 0 Å². The molecule has 2 aromatic carbocycles. The molecule has 3 aromatic rings. The number of aromatic nitrogens is 2. The number of anilines is 1. The molecule has 1 aliphatic heterocycles. The van der Waals surface area contributed by atoms with Crippen LogP contribution in [0.25, 0.3) is 5.69 Å². The lowest BCUT2D eigenvalue weighted by Gasteiger charge is -2.24. The monoisotopic (exact) mass is 373 g/mol.